The Morgan fingerprint density at radius 3 is 3.05 bits per heavy atom. The third kappa shape index (κ3) is 2.20. The van der Waals surface area contributed by atoms with Gasteiger partial charge in [-0.3, -0.25) is 4.79 Å². The minimum absolute atomic E-state index is 0.0632. The first-order valence-electron chi connectivity index (χ1n) is 7.86. The number of nitrogens with one attached hydrogen (secondary N) is 2. The molecular weight excluding hydrogens is 283 g/mol. The molecule has 1 saturated carbocycles. The lowest BCUT2D eigenvalue weighted by molar-refractivity contribution is -0.124. The zero-order valence-electron chi connectivity index (χ0n) is 12.3. The molecule has 2 fully saturated rings. The van der Waals surface area contributed by atoms with Gasteiger partial charge in [-0.25, -0.2) is 4.39 Å². The van der Waals surface area contributed by atoms with Crippen molar-refractivity contribution >= 4 is 16.8 Å². The lowest BCUT2D eigenvalue weighted by atomic mass is 9.94. The van der Waals surface area contributed by atoms with Gasteiger partial charge in [0.05, 0.1) is 11.5 Å². The van der Waals surface area contributed by atoms with Crippen LogP contribution in [0.1, 0.15) is 31.2 Å². The van der Waals surface area contributed by atoms with E-state index in [1.807, 2.05) is 6.20 Å². The highest BCUT2D eigenvalue weighted by Crippen LogP contribution is 2.50. The van der Waals surface area contributed by atoms with Crippen LogP contribution < -0.4 is 5.32 Å². The van der Waals surface area contributed by atoms with Crippen LogP contribution in [0.5, 0.6) is 0 Å². The number of ether oxygens (including phenoxy) is 1. The molecule has 116 valence electrons. The SMILES string of the molecule is O=C(NCC1CCCO1)C1(c2c[nH]c3cc(F)ccc23)CC1. The number of amides is 1. The number of halogens is 1. The van der Waals surface area contributed by atoms with Crippen LogP contribution in [0.4, 0.5) is 4.39 Å². The lowest BCUT2D eigenvalue weighted by Crippen LogP contribution is -2.39. The number of carbonyl (C=O) groups excluding carboxylic acids is 1. The monoisotopic (exact) mass is 302 g/mol. The Labute approximate surface area is 128 Å². The zero-order chi connectivity index (χ0) is 15.2. The van der Waals surface area contributed by atoms with E-state index in [9.17, 15) is 9.18 Å². The molecule has 2 N–H and O–H groups in total. The summed E-state index contributed by atoms with van der Waals surface area (Å²) in [5, 5.41) is 3.98. The van der Waals surface area contributed by atoms with Gasteiger partial charge in [0.15, 0.2) is 0 Å². The van der Waals surface area contributed by atoms with Crippen LogP contribution in [0.3, 0.4) is 0 Å². The molecule has 22 heavy (non-hydrogen) atoms. The quantitative estimate of drug-likeness (QED) is 0.912. The Bertz CT molecular complexity index is 715. The minimum Gasteiger partial charge on any atom is -0.376 e. The standard InChI is InChI=1S/C17H19FN2O2/c18-11-3-4-13-14(10-19-15(13)8-11)17(5-6-17)16(21)20-9-12-2-1-7-22-12/h3-4,8,10,12,19H,1-2,5-7,9H2,(H,20,21). The number of hydrogen-bond donors (Lipinski definition) is 2. The van der Waals surface area contributed by atoms with Crippen LogP contribution in [0.25, 0.3) is 10.9 Å². The number of aromatic amines is 1. The third-order valence-electron chi connectivity index (χ3n) is 4.86. The molecule has 2 aliphatic rings. The second-order valence-corrected chi connectivity index (χ2v) is 6.32. The summed E-state index contributed by atoms with van der Waals surface area (Å²) in [7, 11) is 0. The number of fused-ring (bicyclic) bond motifs is 1. The van der Waals surface area contributed by atoms with Gasteiger partial charge in [-0.15, -0.1) is 0 Å². The fraction of sp³-hybridized carbons (Fsp3) is 0.471. The number of carbonyl (C=O) groups is 1. The van der Waals surface area contributed by atoms with Crippen molar-refractivity contribution < 1.29 is 13.9 Å². The van der Waals surface area contributed by atoms with E-state index in [-0.39, 0.29) is 17.8 Å². The fourth-order valence-electron chi connectivity index (χ4n) is 3.42. The van der Waals surface area contributed by atoms with Gasteiger partial charge in [0.1, 0.15) is 5.82 Å². The number of H-pyrrole nitrogens is 1. The first kappa shape index (κ1) is 13.8. The number of rotatable bonds is 4. The van der Waals surface area contributed by atoms with Gasteiger partial charge >= 0.3 is 0 Å². The van der Waals surface area contributed by atoms with Crippen LogP contribution in [-0.4, -0.2) is 30.1 Å². The number of aromatic nitrogens is 1. The molecule has 4 rings (SSSR count). The molecule has 2 aromatic rings. The Balaban J connectivity index is 1.55. The van der Waals surface area contributed by atoms with Crippen molar-refractivity contribution in [3.05, 3.63) is 35.8 Å². The molecule has 1 amide bonds. The van der Waals surface area contributed by atoms with E-state index < -0.39 is 5.41 Å². The summed E-state index contributed by atoms with van der Waals surface area (Å²) in [6, 6.07) is 4.67. The normalized spacial score (nSPS) is 22.9. The maximum Gasteiger partial charge on any atom is 0.230 e. The molecule has 1 aromatic heterocycles. The molecule has 4 nitrogen and oxygen atoms in total. The maximum atomic E-state index is 13.3. The topological polar surface area (TPSA) is 54.1 Å². The third-order valence-corrected chi connectivity index (χ3v) is 4.86. The van der Waals surface area contributed by atoms with Gasteiger partial charge in [0.2, 0.25) is 5.91 Å². The predicted molar refractivity (Wildman–Crippen MR) is 81.2 cm³/mol. The Kier molecular flexibility index (Phi) is 3.18. The molecule has 1 unspecified atom stereocenters. The van der Waals surface area contributed by atoms with Crippen molar-refractivity contribution in [3.8, 4) is 0 Å². The van der Waals surface area contributed by atoms with Crippen LogP contribution in [-0.2, 0) is 14.9 Å². The van der Waals surface area contributed by atoms with Gasteiger partial charge in [0.25, 0.3) is 0 Å². The minimum atomic E-state index is -0.450. The molecule has 1 aliphatic heterocycles. The summed E-state index contributed by atoms with van der Waals surface area (Å²) >= 11 is 0. The van der Waals surface area contributed by atoms with Crippen molar-refractivity contribution in [3.63, 3.8) is 0 Å². The van der Waals surface area contributed by atoms with E-state index in [1.54, 1.807) is 6.07 Å². The second kappa shape index (κ2) is 5.09. The Hall–Kier alpha value is -1.88. The molecule has 0 bridgehead atoms. The number of benzene rings is 1. The molecule has 1 aromatic carbocycles. The van der Waals surface area contributed by atoms with Gasteiger partial charge in [-0.2, -0.15) is 0 Å². The lowest BCUT2D eigenvalue weighted by Gasteiger charge is -2.17. The number of hydrogen-bond acceptors (Lipinski definition) is 2. The highest BCUT2D eigenvalue weighted by molar-refractivity contribution is 5.97. The zero-order valence-corrected chi connectivity index (χ0v) is 12.3. The molecule has 0 radical (unpaired) electrons. The van der Waals surface area contributed by atoms with E-state index in [4.69, 9.17) is 4.74 Å². The highest BCUT2D eigenvalue weighted by atomic mass is 19.1. The predicted octanol–water partition coefficient (Wildman–Crippen LogP) is 2.63. The van der Waals surface area contributed by atoms with E-state index in [2.05, 4.69) is 10.3 Å². The Morgan fingerprint density at radius 1 is 1.45 bits per heavy atom. The molecule has 1 aliphatic carbocycles. The van der Waals surface area contributed by atoms with Gasteiger partial charge in [-0.05, 0) is 49.4 Å². The van der Waals surface area contributed by atoms with E-state index >= 15 is 0 Å². The van der Waals surface area contributed by atoms with Crippen LogP contribution in [0.2, 0.25) is 0 Å². The van der Waals surface area contributed by atoms with E-state index in [1.165, 1.54) is 12.1 Å². The molecule has 0 spiro atoms. The van der Waals surface area contributed by atoms with Gasteiger partial charge < -0.3 is 15.0 Å². The maximum absolute atomic E-state index is 13.3. The van der Waals surface area contributed by atoms with E-state index in [0.29, 0.717) is 6.54 Å². The first-order chi connectivity index (χ1) is 10.7. The van der Waals surface area contributed by atoms with Crippen molar-refractivity contribution in [2.75, 3.05) is 13.2 Å². The Morgan fingerprint density at radius 2 is 2.32 bits per heavy atom. The second-order valence-electron chi connectivity index (χ2n) is 6.32. The van der Waals surface area contributed by atoms with Crippen molar-refractivity contribution in [1.82, 2.24) is 10.3 Å². The molecule has 1 atom stereocenters. The summed E-state index contributed by atoms with van der Waals surface area (Å²) in [6.07, 6.45) is 5.77. The fourth-order valence-corrected chi connectivity index (χ4v) is 3.42. The van der Waals surface area contributed by atoms with Crippen molar-refractivity contribution in [2.45, 2.75) is 37.2 Å². The highest BCUT2D eigenvalue weighted by Gasteiger charge is 2.52. The smallest absolute Gasteiger partial charge is 0.230 e. The van der Waals surface area contributed by atoms with E-state index in [0.717, 1.165) is 48.8 Å². The van der Waals surface area contributed by atoms with Crippen LogP contribution in [0.15, 0.2) is 24.4 Å². The van der Waals surface area contributed by atoms with Crippen molar-refractivity contribution in [1.29, 1.82) is 0 Å². The average molecular weight is 302 g/mol. The molecule has 1 saturated heterocycles. The van der Waals surface area contributed by atoms with Crippen LogP contribution in [0, 0.1) is 5.82 Å². The average Bonchev–Trinajstić information content (AvgIpc) is 2.97. The molecular formula is C17H19FN2O2. The largest absolute Gasteiger partial charge is 0.376 e. The van der Waals surface area contributed by atoms with Gasteiger partial charge in [-0.1, -0.05) is 0 Å². The summed E-state index contributed by atoms with van der Waals surface area (Å²) in [5.41, 5.74) is 1.27. The summed E-state index contributed by atoms with van der Waals surface area (Å²) in [5.74, 6) is -0.207. The summed E-state index contributed by atoms with van der Waals surface area (Å²) in [6.45, 7) is 1.37. The molecule has 2 heterocycles. The van der Waals surface area contributed by atoms with Crippen LogP contribution >= 0.6 is 0 Å². The molecule has 5 heteroatoms. The first-order valence-corrected chi connectivity index (χ1v) is 7.86. The summed E-state index contributed by atoms with van der Waals surface area (Å²) in [4.78, 5) is 15.7. The van der Waals surface area contributed by atoms with Gasteiger partial charge in [0, 0.05) is 30.3 Å². The van der Waals surface area contributed by atoms with Crippen molar-refractivity contribution in [2.24, 2.45) is 0 Å². The summed E-state index contributed by atoms with van der Waals surface area (Å²) < 4.78 is 18.8.